The first-order valence-corrected chi connectivity index (χ1v) is 8.09. The van der Waals surface area contributed by atoms with Crippen molar-refractivity contribution in [2.24, 2.45) is 0 Å². The second-order valence-corrected chi connectivity index (χ2v) is 6.03. The lowest BCUT2D eigenvalue weighted by Crippen LogP contribution is -2.24. The van der Waals surface area contributed by atoms with Gasteiger partial charge in [-0.2, -0.15) is 0 Å². The first-order valence-electron chi connectivity index (χ1n) is 7.71. The summed E-state index contributed by atoms with van der Waals surface area (Å²) in [6.07, 6.45) is 2.18. The van der Waals surface area contributed by atoms with Crippen LogP contribution in [0.25, 0.3) is 0 Å². The molecule has 0 bridgehead atoms. The van der Waals surface area contributed by atoms with E-state index in [1.807, 2.05) is 12.1 Å². The van der Waals surface area contributed by atoms with E-state index in [4.69, 9.17) is 11.6 Å². The molecule has 0 aliphatic carbocycles. The van der Waals surface area contributed by atoms with E-state index in [-0.39, 0.29) is 0 Å². The maximum atomic E-state index is 6.12. The minimum absolute atomic E-state index is 0.483. The van der Waals surface area contributed by atoms with E-state index < -0.39 is 0 Å². The molecule has 0 amide bonds. The molecular formula is C19H24ClN. The minimum Gasteiger partial charge on any atom is -0.316 e. The van der Waals surface area contributed by atoms with Gasteiger partial charge in [0.05, 0.1) is 0 Å². The standard InChI is InChI=1S/C19H24ClN/c1-3-11-21-14-17(19-10-5-4-7-15(19)2)12-16-8-6-9-18(20)13-16/h4-10,13,17,21H,3,11-12,14H2,1-2H3. The Morgan fingerprint density at radius 1 is 1.10 bits per heavy atom. The van der Waals surface area contributed by atoms with Gasteiger partial charge in [0.1, 0.15) is 0 Å². The average molecular weight is 302 g/mol. The summed E-state index contributed by atoms with van der Waals surface area (Å²) in [6.45, 7) is 6.47. The Morgan fingerprint density at radius 3 is 2.62 bits per heavy atom. The lowest BCUT2D eigenvalue weighted by molar-refractivity contribution is 0.575. The van der Waals surface area contributed by atoms with E-state index in [9.17, 15) is 0 Å². The van der Waals surface area contributed by atoms with Gasteiger partial charge >= 0.3 is 0 Å². The van der Waals surface area contributed by atoms with Gasteiger partial charge in [0.2, 0.25) is 0 Å². The molecule has 2 aromatic carbocycles. The molecule has 2 rings (SSSR count). The van der Waals surface area contributed by atoms with Gasteiger partial charge < -0.3 is 5.32 Å². The summed E-state index contributed by atoms with van der Waals surface area (Å²) in [7, 11) is 0. The highest BCUT2D eigenvalue weighted by Crippen LogP contribution is 2.24. The summed E-state index contributed by atoms with van der Waals surface area (Å²) in [4.78, 5) is 0. The molecule has 1 nitrogen and oxygen atoms in total. The van der Waals surface area contributed by atoms with Crippen molar-refractivity contribution in [1.29, 1.82) is 0 Å². The van der Waals surface area contributed by atoms with E-state index in [2.05, 4.69) is 55.6 Å². The van der Waals surface area contributed by atoms with Crippen LogP contribution in [0.4, 0.5) is 0 Å². The van der Waals surface area contributed by atoms with Gasteiger partial charge in [-0.15, -0.1) is 0 Å². The molecule has 21 heavy (non-hydrogen) atoms. The molecule has 2 aromatic rings. The summed E-state index contributed by atoms with van der Waals surface area (Å²) < 4.78 is 0. The van der Waals surface area contributed by atoms with Crippen molar-refractivity contribution in [3.05, 3.63) is 70.2 Å². The molecule has 1 unspecified atom stereocenters. The fourth-order valence-electron chi connectivity index (χ4n) is 2.74. The van der Waals surface area contributed by atoms with Crippen LogP contribution in [-0.2, 0) is 6.42 Å². The summed E-state index contributed by atoms with van der Waals surface area (Å²) >= 11 is 6.12. The van der Waals surface area contributed by atoms with Crippen molar-refractivity contribution in [2.45, 2.75) is 32.6 Å². The zero-order valence-corrected chi connectivity index (χ0v) is 13.7. The highest BCUT2D eigenvalue weighted by atomic mass is 35.5. The Bertz CT molecular complexity index is 565. The summed E-state index contributed by atoms with van der Waals surface area (Å²) in [6, 6.07) is 16.9. The van der Waals surface area contributed by atoms with Crippen molar-refractivity contribution in [3.63, 3.8) is 0 Å². The maximum Gasteiger partial charge on any atom is 0.0408 e. The Morgan fingerprint density at radius 2 is 1.90 bits per heavy atom. The molecule has 2 heteroatoms. The third-order valence-corrected chi connectivity index (χ3v) is 4.05. The van der Waals surface area contributed by atoms with Crippen LogP contribution in [0.2, 0.25) is 5.02 Å². The highest BCUT2D eigenvalue weighted by molar-refractivity contribution is 6.30. The third-order valence-electron chi connectivity index (χ3n) is 3.82. The normalized spacial score (nSPS) is 12.3. The van der Waals surface area contributed by atoms with Crippen molar-refractivity contribution in [3.8, 4) is 0 Å². The Hall–Kier alpha value is -1.31. The zero-order valence-electron chi connectivity index (χ0n) is 12.9. The lowest BCUT2D eigenvalue weighted by atomic mass is 9.89. The molecule has 0 aromatic heterocycles. The third kappa shape index (κ3) is 4.87. The number of nitrogens with one attached hydrogen (secondary N) is 1. The van der Waals surface area contributed by atoms with Crippen LogP contribution in [0.15, 0.2) is 48.5 Å². The highest BCUT2D eigenvalue weighted by Gasteiger charge is 2.14. The van der Waals surface area contributed by atoms with E-state index in [1.165, 1.54) is 16.7 Å². The average Bonchev–Trinajstić information content (AvgIpc) is 2.47. The number of halogens is 1. The van der Waals surface area contributed by atoms with Gasteiger partial charge in [-0.25, -0.2) is 0 Å². The van der Waals surface area contributed by atoms with Crippen molar-refractivity contribution >= 4 is 11.6 Å². The van der Waals surface area contributed by atoms with Crippen LogP contribution in [0.1, 0.15) is 36.0 Å². The SMILES string of the molecule is CCCNCC(Cc1cccc(Cl)c1)c1ccccc1C. The molecule has 0 aliphatic rings. The van der Waals surface area contributed by atoms with Gasteiger partial charge in [-0.1, -0.05) is 54.9 Å². The maximum absolute atomic E-state index is 6.12. The monoisotopic (exact) mass is 301 g/mol. The smallest absolute Gasteiger partial charge is 0.0408 e. The summed E-state index contributed by atoms with van der Waals surface area (Å²) in [5.74, 6) is 0.483. The van der Waals surface area contributed by atoms with Crippen molar-refractivity contribution in [1.82, 2.24) is 5.32 Å². The molecule has 112 valence electrons. The lowest BCUT2D eigenvalue weighted by Gasteiger charge is -2.20. The zero-order chi connectivity index (χ0) is 15.1. The van der Waals surface area contributed by atoms with Crippen LogP contribution < -0.4 is 5.32 Å². The topological polar surface area (TPSA) is 12.0 Å². The second-order valence-electron chi connectivity index (χ2n) is 5.59. The minimum atomic E-state index is 0.483. The molecule has 0 heterocycles. The van der Waals surface area contributed by atoms with E-state index >= 15 is 0 Å². The molecule has 0 spiro atoms. The fourth-order valence-corrected chi connectivity index (χ4v) is 2.95. The first kappa shape index (κ1) is 16.1. The number of hydrogen-bond acceptors (Lipinski definition) is 1. The van der Waals surface area contributed by atoms with Gasteiger partial charge in [-0.05, 0) is 55.1 Å². The molecule has 0 aliphatic heterocycles. The van der Waals surface area contributed by atoms with Crippen molar-refractivity contribution in [2.75, 3.05) is 13.1 Å². The van der Waals surface area contributed by atoms with Crippen LogP contribution in [-0.4, -0.2) is 13.1 Å². The molecular weight excluding hydrogens is 278 g/mol. The fraction of sp³-hybridized carbons (Fsp3) is 0.368. The number of aryl methyl sites for hydroxylation is 1. The number of benzene rings is 2. The van der Waals surface area contributed by atoms with E-state index in [1.54, 1.807) is 0 Å². The van der Waals surface area contributed by atoms with Gasteiger partial charge in [0.25, 0.3) is 0 Å². The second kappa shape index (κ2) is 8.21. The Labute approximate surface area is 133 Å². The molecule has 0 fully saturated rings. The Balaban J connectivity index is 2.17. The molecule has 1 N–H and O–H groups in total. The van der Waals surface area contributed by atoms with Crippen LogP contribution in [0, 0.1) is 6.92 Å². The quantitative estimate of drug-likeness (QED) is 0.712. The predicted molar refractivity (Wildman–Crippen MR) is 92.2 cm³/mol. The van der Waals surface area contributed by atoms with Crippen LogP contribution >= 0.6 is 11.6 Å². The van der Waals surface area contributed by atoms with Crippen LogP contribution in [0.5, 0.6) is 0 Å². The Kier molecular flexibility index (Phi) is 6.28. The van der Waals surface area contributed by atoms with Gasteiger partial charge in [-0.3, -0.25) is 0 Å². The van der Waals surface area contributed by atoms with E-state index in [0.29, 0.717) is 5.92 Å². The molecule has 0 saturated heterocycles. The summed E-state index contributed by atoms with van der Waals surface area (Å²) in [5.41, 5.74) is 4.10. The van der Waals surface area contributed by atoms with E-state index in [0.717, 1.165) is 31.0 Å². The number of hydrogen-bond donors (Lipinski definition) is 1. The predicted octanol–water partition coefficient (Wildman–Crippen LogP) is 4.97. The number of rotatable bonds is 7. The van der Waals surface area contributed by atoms with Crippen LogP contribution in [0.3, 0.4) is 0 Å². The van der Waals surface area contributed by atoms with Gasteiger partial charge in [0.15, 0.2) is 0 Å². The summed E-state index contributed by atoms with van der Waals surface area (Å²) in [5, 5.41) is 4.38. The molecule has 1 atom stereocenters. The first-order chi connectivity index (χ1) is 10.2. The molecule has 0 saturated carbocycles. The van der Waals surface area contributed by atoms with Crippen molar-refractivity contribution < 1.29 is 0 Å². The molecule has 0 radical (unpaired) electrons. The van der Waals surface area contributed by atoms with Gasteiger partial charge in [0, 0.05) is 17.5 Å². The largest absolute Gasteiger partial charge is 0.316 e.